The van der Waals surface area contributed by atoms with E-state index in [-0.39, 0.29) is 121 Å². The number of pyridine rings is 4. The largest absolute Gasteiger partial charge is 2.00 e. The molecule has 0 spiro atoms. The standard InChI is InChI=1S/2C13H12N2O3.C10H8N2.2CH2Cl2.2Mo.4O/c2*1-18-11-6-2-4-9(12(11)17)8-15-13-10(16)5-3-7-14-13;1-5-11-6-2-9(1)10-3-7-12-8-4-10;2*2-1-3;;;;;;/h2*2-8,16-17H,1H3;1-8H;2*1H2;;;;;;/q;;;;;;;4*-2/p-4/b2*15-8+;;;;;;;;;. The molecule has 0 saturated heterocycles. The van der Waals surface area contributed by atoms with Crippen LogP contribution < -0.4 is 29.9 Å². The van der Waals surface area contributed by atoms with Crippen molar-refractivity contribution in [2.75, 3.05) is 24.9 Å². The molecular formula is C38H32Cl4Mo2N6O10-12. The topological polar surface area (TPSA) is 301 Å². The van der Waals surface area contributed by atoms with Gasteiger partial charge in [-0.05, 0) is 70.8 Å². The van der Waals surface area contributed by atoms with Gasteiger partial charge in [0.1, 0.15) is 23.1 Å². The van der Waals surface area contributed by atoms with Crippen LogP contribution in [0.2, 0.25) is 0 Å². The summed E-state index contributed by atoms with van der Waals surface area (Å²) >= 11 is 19.1. The van der Waals surface area contributed by atoms with E-state index in [1.54, 1.807) is 61.2 Å². The summed E-state index contributed by atoms with van der Waals surface area (Å²) in [7, 11) is 2.85. The molecule has 0 aliphatic heterocycles. The molecule has 6 rings (SSSR count). The average molecular weight is 1070 g/mol. The normalized spacial score (nSPS) is 8.97. The second kappa shape index (κ2) is 38.7. The Hall–Kier alpha value is -4.44. The molecule has 0 saturated carbocycles. The molecule has 0 aliphatic rings. The van der Waals surface area contributed by atoms with Gasteiger partial charge < -0.3 is 51.8 Å². The Morgan fingerprint density at radius 1 is 0.500 bits per heavy atom. The third kappa shape index (κ3) is 23.4. The quantitative estimate of drug-likeness (QED) is 0.0951. The zero-order valence-corrected chi connectivity index (χ0v) is 38.2. The number of rotatable bonds is 7. The van der Waals surface area contributed by atoms with Crippen LogP contribution in [0.25, 0.3) is 11.1 Å². The monoisotopic (exact) mass is 1070 g/mol. The molecule has 16 nitrogen and oxygen atoms in total. The molecule has 0 N–H and O–H groups in total. The van der Waals surface area contributed by atoms with Gasteiger partial charge in [-0.25, -0.2) is 20.0 Å². The van der Waals surface area contributed by atoms with Crippen LogP contribution in [-0.2, 0) is 64.0 Å². The molecule has 4 aromatic heterocycles. The van der Waals surface area contributed by atoms with Gasteiger partial charge in [0.05, 0.1) is 24.9 Å². The van der Waals surface area contributed by atoms with Crippen LogP contribution in [-0.4, -0.2) is 57.3 Å². The first-order valence-corrected chi connectivity index (χ1v) is 17.4. The first kappa shape index (κ1) is 64.7. The zero-order chi connectivity index (χ0) is 39.6. The zero-order valence-electron chi connectivity index (χ0n) is 31.2. The van der Waals surface area contributed by atoms with Crippen molar-refractivity contribution in [2.45, 2.75) is 0 Å². The van der Waals surface area contributed by atoms with Gasteiger partial charge in [0, 0.05) is 91.7 Å². The van der Waals surface area contributed by atoms with Crippen molar-refractivity contribution in [2.24, 2.45) is 9.98 Å². The van der Waals surface area contributed by atoms with Gasteiger partial charge in [-0.3, -0.25) is 9.97 Å². The first-order valence-electron chi connectivity index (χ1n) is 15.3. The molecule has 4 heterocycles. The molecular weight excluding hydrogens is 1030 g/mol. The average Bonchev–Trinajstić information content (AvgIpc) is 3.20. The van der Waals surface area contributed by atoms with Crippen LogP contribution >= 0.6 is 46.4 Å². The molecule has 0 bridgehead atoms. The van der Waals surface area contributed by atoms with Crippen molar-refractivity contribution < 1.29 is 93.9 Å². The van der Waals surface area contributed by atoms with Gasteiger partial charge in [0.15, 0.2) is 0 Å². The van der Waals surface area contributed by atoms with Crippen molar-refractivity contribution in [1.29, 1.82) is 0 Å². The predicted octanol–water partition coefficient (Wildman–Crippen LogP) is 6.48. The van der Waals surface area contributed by atoms with E-state index < -0.39 is 0 Å². The molecule has 0 unspecified atom stereocenters. The number of para-hydroxylation sites is 2. The summed E-state index contributed by atoms with van der Waals surface area (Å²) < 4.78 is 9.82. The summed E-state index contributed by atoms with van der Waals surface area (Å²) in [5, 5.41) is 46.7. The molecule has 0 radical (unpaired) electrons. The smallest absolute Gasteiger partial charge is 0.143 e. The van der Waals surface area contributed by atoms with E-state index in [0.29, 0.717) is 11.1 Å². The molecule has 60 heavy (non-hydrogen) atoms. The summed E-state index contributed by atoms with van der Waals surface area (Å²) in [5.74, 6) is -0.531. The van der Waals surface area contributed by atoms with E-state index in [9.17, 15) is 20.4 Å². The van der Waals surface area contributed by atoms with Crippen molar-refractivity contribution in [3.05, 3.63) is 133 Å². The minimum atomic E-state index is -0.288. The fourth-order valence-electron chi connectivity index (χ4n) is 3.90. The van der Waals surface area contributed by atoms with Crippen molar-refractivity contribution in [3.63, 3.8) is 0 Å². The van der Waals surface area contributed by atoms with E-state index in [1.165, 1.54) is 74.4 Å². The van der Waals surface area contributed by atoms with E-state index in [4.69, 9.17) is 55.9 Å². The van der Waals surface area contributed by atoms with Crippen LogP contribution in [0.1, 0.15) is 11.1 Å². The third-order valence-corrected chi connectivity index (χ3v) is 6.31. The van der Waals surface area contributed by atoms with Gasteiger partial charge in [-0.2, -0.15) is 0 Å². The molecule has 0 aliphatic carbocycles. The Labute approximate surface area is 395 Å². The summed E-state index contributed by atoms with van der Waals surface area (Å²) in [6, 6.07) is 23.4. The number of alkyl halides is 4. The maximum atomic E-state index is 11.8. The van der Waals surface area contributed by atoms with Crippen molar-refractivity contribution >= 4 is 70.5 Å². The third-order valence-electron chi connectivity index (χ3n) is 6.31. The summed E-state index contributed by atoms with van der Waals surface area (Å²) in [4.78, 5) is 23.4. The van der Waals surface area contributed by atoms with Gasteiger partial charge in [0.25, 0.3) is 0 Å². The van der Waals surface area contributed by atoms with Gasteiger partial charge in [0.2, 0.25) is 0 Å². The molecule has 6 aromatic rings. The molecule has 0 fully saturated rings. The molecule has 326 valence electrons. The van der Waals surface area contributed by atoms with E-state index in [2.05, 4.69) is 29.9 Å². The number of nitrogens with zero attached hydrogens (tertiary/aromatic N) is 6. The van der Waals surface area contributed by atoms with Gasteiger partial charge >= 0.3 is 0 Å². The number of methoxy groups -OCH3 is 2. The summed E-state index contributed by atoms with van der Waals surface area (Å²) in [6.45, 7) is 0. The minimum Gasteiger partial charge on any atom is -2.00 e. The molecule has 22 heteroatoms. The number of aliphatic imine (C=N–C) groups is 2. The van der Waals surface area contributed by atoms with Crippen LogP contribution in [0.15, 0.2) is 132 Å². The van der Waals surface area contributed by atoms with E-state index >= 15 is 0 Å². The predicted molar refractivity (Wildman–Crippen MR) is 210 cm³/mol. The second-order valence-electron chi connectivity index (χ2n) is 9.60. The Kier molecular flexibility index (Phi) is 41.8. The summed E-state index contributed by atoms with van der Waals surface area (Å²) in [5.41, 5.74) is 3.04. The van der Waals surface area contributed by atoms with Crippen LogP contribution in [0.3, 0.4) is 0 Å². The van der Waals surface area contributed by atoms with Crippen LogP contribution in [0, 0.1) is 0 Å². The number of ether oxygens (including phenoxy) is 2. The summed E-state index contributed by atoms with van der Waals surface area (Å²) in [6.07, 6.45) is 12.7. The van der Waals surface area contributed by atoms with Crippen LogP contribution in [0.4, 0.5) is 11.6 Å². The fourth-order valence-corrected chi connectivity index (χ4v) is 3.90. The van der Waals surface area contributed by atoms with E-state index in [0.717, 1.165) is 0 Å². The number of aromatic nitrogens is 4. The van der Waals surface area contributed by atoms with E-state index in [1.807, 2.05) is 24.3 Å². The van der Waals surface area contributed by atoms with Gasteiger partial charge in [-0.1, -0.05) is 59.4 Å². The first-order chi connectivity index (χ1) is 26.2. The maximum Gasteiger partial charge on any atom is 0.143 e. The van der Waals surface area contributed by atoms with Crippen molar-refractivity contribution in [3.8, 4) is 45.6 Å². The Balaban J connectivity index is -0.000000228. The number of hydrogen-bond donors (Lipinski definition) is 0. The Bertz CT molecular complexity index is 1890. The minimum absolute atomic E-state index is 0. The number of halogens is 4. The Morgan fingerprint density at radius 2 is 0.817 bits per heavy atom. The SMILES string of the molecule is COc1cccc(/C=N/c2ncccc2[O-])c1[O-].COc1cccc(/C=N/c2ncccc2[O-])c1[O-].ClCCl.ClCCl.[Mo].[Mo].[O-2].[O-2].[O-2].[O-2].c1cc(-c2ccncc2)ccn1. The molecule has 2 aromatic carbocycles. The second-order valence-corrected chi connectivity index (χ2v) is 11.2. The van der Waals surface area contributed by atoms with Crippen LogP contribution in [0.5, 0.6) is 34.5 Å². The molecule has 0 atom stereocenters. The maximum absolute atomic E-state index is 11.8. The molecule has 0 amide bonds. The number of hydrogen-bond acceptors (Lipinski definition) is 12. The van der Waals surface area contributed by atoms with Crippen molar-refractivity contribution in [1.82, 2.24) is 19.9 Å². The fraction of sp³-hybridized carbons (Fsp3) is 0.105. The Morgan fingerprint density at radius 3 is 1.10 bits per heavy atom. The number of benzene rings is 2. The van der Waals surface area contributed by atoms with Gasteiger partial charge in [-0.15, -0.1) is 46.4 Å².